The van der Waals surface area contributed by atoms with Gasteiger partial charge < -0.3 is 9.88 Å². The van der Waals surface area contributed by atoms with Gasteiger partial charge in [-0.1, -0.05) is 19.9 Å². The molecule has 20 heavy (non-hydrogen) atoms. The predicted octanol–water partition coefficient (Wildman–Crippen LogP) is 3.67. The fraction of sp³-hybridized carbons (Fsp3) is 0.471. The molecule has 1 aliphatic rings. The number of rotatable bonds is 1. The Morgan fingerprint density at radius 1 is 1.25 bits per heavy atom. The van der Waals surface area contributed by atoms with Gasteiger partial charge in [0, 0.05) is 29.9 Å². The van der Waals surface area contributed by atoms with Gasteiger partial charge in [-0.25, -0.2) is 0 Å². The van der Waals surface area contributed by atoms with E-state index in [0.717, 1.165) is 23.0 Å². The Morgan fingerprint density at radius 3 is 2.85 bits per heavy atom. The van der Waals surface area contributed by atoms with E-state index >= 15 is 0 Å². The number of fused-ring (bicyclic) bond motifs is 1. The van der Waals surface area contributed by atoms with E-state index in [-0.39, 0.29) is 5.91 Å². The number of piperidine rings is 1. The molecule has 0 saturated carbocycles. The summed E-state index contributed by atoms with van der Waals surface area (Å²) in [6.45, 7) is 7.51. The molecule has 1 saturated heterocycles. The number of nitrogens with one attached hydrogen (secondary N) is 1. The molecule has 3 unspecified atom stereocenters. The van der Waals surface area contributed by atoms with Crippen LogP contribution in [-0.2, 0) is 0 Å². The third-order valence-electron chi connectivity index (χ3n) is 4.66. The number of amides is 1. The van der Waals surface area contributed by atoms with Crippen molar-refractivity contribution in [3.05, 3.63) is 36.0 Å². The van der Waals surface area contributed by atoms with Crippen molar-refractivity contribution in [2.75, 3.05) is 6.54 Å². The van der Waals surface area contributed by atoms with Crippen LogP contribution in [0.5, 0.6) is 0 Å². The van der Waals surface area contributed by atoms with Crippen LogP contribution in [0.1, 0.15) is 37.6 Å². The van der Waals surface area contributed by atoms with E-state index in [9.17, 15) is 4.79 Å². The number of benzene rings is 1. The number of likely N-dealkylation sites (tertiary alicyclic amines) is 1. The number of nitrogens with zero attached hydrogens (tertiary/aromatic N) is 1. The molecular weight excluding hydrogens is 248 g/mol. The van der Waals surface area contributed by atoms with Gasteiger partial charge >= 0.3 is 0 Å². The summed E-state index contributed by atoms with van der Waals surface area (Å²) in [7, 11) is 0. The first-order chi connectivity index (χ1) is 9.56. The van der Waals surface area contributed by atoms with Crippen LogP contribution in [0.3, 0.4) is 0 Å². The van der Waals surface area contributed by atoms with E-state index in [1.807, 2.05) is 35.4 Å². The Balaban J connectivity index is 1.90. The van der Waals surface area contributed by atoms with E-state index in [4.69, 9.17) is 0 Å². The lowest BCUT2D eigenvalue weighted by Crippen LogP contribution is -2.48. The third-order valence-corrected chi connectivity index (χ3v) is 4.66. The second-order valence-corrected chi connectivity index (χ2v) is 6.30. The monoisotopic (exact) mass is 270 g/mol. The summed E-state index contributed by atoms with van der Waals surface area (Å²) in [4.78, 5) is 18.0. The summed E-state index contributed by atoms with van der Waals surface area (Å²) in [5.74, 6) is 1.31. The normalized spacial score (nSPS) is 26.9. The Morgan fingerprint density at radius 2 is 2.05 bits per heavy atom. The van der Waals surface area contributed by atoms with Crippen molar-refractivity contribution in [2.24, 2.45) is 11.8 Å². The van der Waals surface area contributed by atoms with Crippen LogP contribution in [-0.4, -0.2) is 28.4 Å². The number of carbonyl (C=O) groups excluding carboxylic acids is 1. The summed E-state index contributed by atoms with van der Waals surface area (Å²) < 4.78 is 0. The second-order valence-electron chi connectivity index (χ2n) is 6.30. The van der Waals surface area contributed by atoms with Gasteiger partial charge in [-0.05, 0) is 48.8 Å². The van der Waals surface area contributed by atoms with E-state index < -0.39 is 0 Å². The van der Waals surface area contributed by atoms with Gasteiger partial charge in [-0.15, -0.1) is 0 Å². The van der Waals surface area contributed by atoms with Crippen LogP contribution in [0.25, 0.3) is 10.9 Å². The summed E-state index contributed by atoms with van der Waals surface area (Å²) in [6.07, 6.45) is 3.12. The maximum absolute atomic E-state index is 12.8. The molecule has 3 rings (SSSR count). The average Bonchev–Trinajstić information content (AvgIpc) is 2.89. The fourth-order valence-corrected chi connectivity index (χ4v) is 3.33. The molecule has 3 nitrogen and oxygen atoms in total. The van der Waals surface area contributed by atoms with Crippen molar-refractivity contribution >= 4 is 16.8 Å². The zero-order valence-corrected chi connectivity index (χ0v) is 12.4. The Labute approximate surface area is 120 Å². The van der Waals surface area contributed by atoms with E-state index in [0.29, 0.717) is 17.9 Å². The molecular formula is C17H22N2O. The largest absolute Gasteiger partial charge is 0.361 e. The van der Waals surface area contributed by atoms with Crippen molar-refractivity contribution in [2.45, 2.75) is 33.2 Å². The maximum Gasteiger partial charge on any atom is 0.254 e. The standard InChI is InChI=1S/C17H22N2O/c1-11-8-12(2)13(3)19(10-11)17(20)15-5-4-14-6-7-18-16(14)9-15/h4-7,9,11-13,18H,8,10H2,1-3H3. The van der Waals surface area contributed by atoms with Crippen LogP contribution in [0.15, 0.2) is 30.5 Å². The highest BCUT2D eigenvalue weighted by molar-refractivity contribution is 5.98. The molecule has 2 aromatic rings. The fourth-order valence-electron chi connectivity index (χ4n) is 3.33. The predicted molar refractivity (Wildman–Crippen MR) is 81.7 cm³/mol. The first-order valence-corrected chi connectivity index (χ1v) is 7.44. The van der Waals surface area contributed by atoms with Crippen molar-refractivity contribution in [1.82, 2.24) is 9.88 Å². The molecule has 1 aromatic carbocycles. The first-order valence-electron chi connectivity index (χ1n) is 7.44. The van der Waals surface area contributed by atoms with Gasteiger partial charge in [0.15, 0.2) is 0 Å². The van der Waals surface area contributed by atoms with Crippen molar-refractivity contribution in [3.8, 4) is 0 Å². The molecule has 0 radical (unpaired) electrons. The summed E-state index contributed by atoms with van der Waals surface area (Å²) in [5.41, 5.74) is 1.81. The number of hydrogen-bond donors (Lipinski definition) is 1. The molecule has 1 N–H and O–H groups in total. The lowest BCUT2D eigenvalue weighted by molar-refractivity contribution is 0.0456. The Bertz CT molecular complexity index is 631. The molecule has 1 amide bonds. The Hall–Kier alpha value is -1.77. The van der Waals surface area contributed by atoms with Gasteiger partial charge in [-0.3, -0.25) is 4.79 Å². The summed E-state index contributed by atoms with van der Waals surface area (Å²) >= 11 is 0. The number of hydrogen-bond acceptors (Lipinski definition) is 1. The first kappa shape index (κ1) is 13.2. The van der Waals surface area contributed by atoms with Crippen LogP contribution in [0, 0.1) is 11.8 Å². The highest BCUT2D eigenvalue weighted by Gasteiger charge is 2.32. The van der Waals surface area contributed by atoms with E-state index in [2.05, 4.69) is 25.8 Å². The minimum atomic E-state index is 0.160. The molecule has 0 bridgehead atoms. The van der Waals surface area contributed by atoms with Gasteiger partial charge in [0.05, 0.1) is 0 Å². The average molecular weight is 270 g/mol. The molecule has 3 heteroatoms. The van der Waals surface area contributed by atoms with Crippen LogP contribution < -0.4 is 0 Å². The lowest BCUT2D eigenvalue weighted by atomic mass is 9.85. The molecule has 2 heterocycles. The van der Waals surface area contributed by atoms with Crippen molar-refractivity contribution in [1.29, 1.82) is 0 Å². The third kappa shape index (κ3) is 2.21. The molecule has 1 aliphatic heterocycles. The zero-order chi connectivity index (χ0) is 14.3. The highest BCUT2D eigenvalue weighted by atomic mass is 16.2. The minimum absolute atomic E-state index is 0.160. The van der Waals surface area contributed by atoms with Gasteiger partial charge in [0.25, 0.3) is 5.91 Å². The molecule has 1 fully saturated rings. The molecule has 3 atom stereocenters. The van der Waals surface area contributed by atoms with E-state index in [1.54, 1.807) is 0 Å². The minimum Gasteiger partial charge on any atom is -0.361 e. The molecule has 0 spiro atoms. The smallest absolute Gasteiger partial charge is 0.254 e. The van der Waals surface area contributed by atoms with Gasteiger partial charge in [0.2, 0.25) is 0 Å². The second kappa shape index (κ2) is 4.97. The lowest BCUT2D eigenvalue weighted by Gasteiger charge is -2.41. The van der Waals surface area contributed by atoms with Crippen LogP contribution in [0.4, 0.5) is 0 Å². The molecule has 106 valence electrons. The van der Waals surface area contributed by atoms with Crippen LogP contribution in [0.2, 0.25) is 0 Å². The quantitative estimate of drug-likeness (QED) is 0.843. The highest BCUT2D eigenvalue weighted by Crippen LogP contribution is 2.28. The summed E-state index contributed by atoms with van der Waals surface area (Å²) in [5, 5.41) is 1.15. The number of H-pyrrole nitrogens is 1. The topological polar surface area (TPSA) is 36.1 Å². The van der Waals surface area contributed by atoms with E-state index in [1.165, 1.54) is 6.42 Å². The van der Waals surface area contributed by atoms with Crippen molar-refractivity contribution in [3.63, 3.8) is 0 Å². The maximum atomic E-state index is 12.8. The number of carbonyl (C=O) groups is 1. The molecule has 1 aromatic heterocycles. The molecule has 0 aliphatic carbocycles. The van der Waals surface area contributed by atoms with Gasteiger partial charge in [-0.2, -0.15) is 0 Å². The van der Waals surface area contributed by atoms with Crippen LogP contribution >= 0.6 is 0 Å². The number of aromatic amines is 1. The SMILES string of the molecule is CC1CC(C)C(C)N(C(=O)c2ccc3cc[nH]c3c2)C1. The van der Waals surface area contributed by atoms with Crippen molar-refractivity contribution < 1.29 is 4.79 Å². The Kier molecular flexibility index (Phi) is 3.28. The zero-order valence-electron chi connectivity index (χ0n) is 12.4. The number of aromatic nitrogens is 1. The van der Waals surface area contributed by atoms with Gasteiger partial charge in [0.1, 0.15) is 0 Å². The summed E-state index contributed by atoms with van der Waals surface area (Å²) in [6, 6.07) is 8.26.